The Hall–Kier alpha value is -1.59. The van der Waals surface area contributed by atoms with Gasteiger partial charge in [0.15, 0.2) is 0 Å². The topological polar surface area (TPSA) is 54.0 Å². The van der Waals surface area contributed by atoms with Crippen LogP contribution in [-0.2, 0) is 6.54 Å². The summed E-state index contributed by atoms with van der Waals surface area (Å²) in [6.45, 7) is 0.467. The van der Waals surface area contributed by atoms with E-state index in [1.807, 2.05) is 30.3 Å². The van der Waals surface area contributed by atoms with Gasteiger partial charge in [0.1, 0.15) is 5.15 Å². The number of rotatable bonds is 3. The van der Waals surface area contributed by atoms with Crippen LogP contribution in [0.1, 0.15) is 5.56 Å². The van der Waals surface area contributed by atoms with Gasteiger partial charge in [-0.15, -0.1) is 0 Å². The van der Waals surface area contributed by atoms with Crippen LogP contribution in [0, 0.1) is 0 Å². The zero-order valence-electron chi connectivity index (χ0n) is 9.86. The minimum atomic E-state index is -0.292. The van der Waals surface area contributed by atoms with Gasteiger partial charge >= 0.3 is 6.03 Å². The largest absolute Gasteiger partial charge is 0.334 e. The monoisotopic (exact) mass is 339 g/mol. The highest BCUT2D eigenvalue weighted by Crippen LogP contribution is 2.22. The van der Waals surface area contributed by atoms with E-state index >= 15 is 0 Å². The van der Waals surface area contributed by atoms with E-state index in [1.54, 1.807) is 6.07 Å². The summed E-state index contributed by atoms with van der Waals surface area (Å²) in [5.74, 6) is 0. The maximum Gasteiger partial charge on any atom is 0.319 e. The summed E-state index contributed by atoms with van der Waals surface area (Å²) in [6, 6.07) is 11.1. The van der Waals surface area contributed by atoms with Gasteiger partial charge in [-0.2, -0.15) is 0 Å². The number of urea groups is 1. The predicted molar refractivity (Wildman–Crippen MR) is 79.2 cm³/mol. The third kappa shape index (κ3) is 4.22. The maximum atomic E-state index is 11.7. The molecule has 2 amide bonds. The third-order valence-corrected chi connectivity index (χ3v) is 3.48. The van der Waals surface area contributed by atoms with Gasteiger partial charge in [-0.05, 0) is 27.6 Å². The molecule has 0 aliphatic heterocycles. The minimum absolute atomic E-state index is 0.292. The van der Waals surface area contributed by atoms with E-state index in [-0.39, 0.29) is 6.03 Å². The van der Waals surface area contributed by atoms with Crippen LogP contribution in [0.5, 0.6) is 0 Å². The molecular weight excluding hydrogens is 330 g/mol. The number of hydrogen-bond acceptors (Lipinski definition) is 2. The average Bonchev–Trinajstić information content (AvgIpc) is 2.42. The van der Waals surface area contributed by atoms with E-state index in [4.69, 9.17) is 11.6 Å². The lowest BCUT2D eigenvalue weighted by Gasteiger charge is -2.08. The highest BCUT2D eigenvalue weighted by Gasteiger charge is 2.04. The maximum absolute atomic E-state index is 11.7. The fourth-order valence-electron chi connectivity index (χ4n) is 1.44. The van der Waals surface area contributed by atoms with Crippen molar-refractivity contribution < 1.29 is 4.79 Å². The van der Waals surface area contributed by atoms with Crippen LogP contribution in [0.15, 0.2) is 47.1 Å². The fraction of sp³-hybridized carbons (Fsp3) is 0.0769. The second kappa shape index (κ2) is 6.54. The molecule has 0 saturated heterocycles. The molecule has 4 nitrogen and oxygen atoms in total. The Kier molecular flexibility index (Phi) is 4.76. The number of aromatic nitrogens is 1. The van der Waals surface area contributed by atoms with Crippen LogP contribution in [0.3, 0.4) is 0 Å². The number of benzene rings is 1. The number of hydrogen-bond donors (Lipinski definition) is 2. The van der Waals surface area contributed by atoms with Crippen LogP contribution >= 0.6 is 27.5 Å². The Morgan fingerprint density at radius 3 is 2.74 bits per heavy atom. The van der Waals surface area contributed by atoms with Gasteiger partial charge in [0.25, 0.3) is 0 Å². The number of carbonyl (C=O) groups excluding carboxylic acids is 1. The van der Waals surface area contributed by atoms with E-state index in [0.29, 0.717) is 21.9 Å². The number of nitrogens with one attached hydrogen (secondary N) is 2. The van der Waals surface area contributed by atoms with Gasteiger partial charge in [0.05, 0.1) is 16.4 Å². The molecule has 0 fully saturated rings. The van der Waals surface area contributed by atoms with Crippen molar-refractivity contribution in [2.24, 2.45) is 0 Å². The van der Waals surface area contributed by atoms with E-state index in [9.17, 15) is 4.79 Å². The number of anilines is 1. The Labute approximate surface area is 124 Å². The highest BCUT2D eigenvalue weighted by atomic mass is 79.9. The molecule has 2 N–H and O–H groups in total. The quantitative estimate of drug-likeness (QED) is 0.835. The van der Waals surface area contributed by atoms with Crippen molar-refractivity contribution in [1.82, 2.24) is 10.3 Å². The molecule has 0 radical (unpaired) electrons. The third-order valence-electron chi connectivity index (χ3n) is 2.35. The molecule has 19 heavy (non-hydrogen) atoms. The summed E-state index contributed by atoms with van der Waals surface area (Å²) in [6.07, 6.45) is 1.50. The summed E-state index contributed by atoms with van der Waals surface area (Å²) in [7, 11) is 0. The second-order valence-electron chi connectivity index (χ2n) is 3.79. The molecule has 2 rings (SSSR count). The van der Waals surface area contributed by atoms with Crippen molar-refractivity contribution in [3.63, 3.8) is 0 Å². The lowest BCUT2D eigenvalue weighted by molar-refractivity contribution is 0.251. The Bertz CT molecular complexity index is 577. The standard InChI is InChI=1S/C13H11BrClN3O/c14-11-6-10(8-16-12(11)15)18-13(19)17-7-9-4-2-1-3-5-9/h1-6,8H,7H2,(H2,17,18,19). The summed E-state index contributed by atoms with van der Waals surface area (Å²) in [5, 5.41) is 5.79. The van der Waals surface area contributed by atoms with Crippen molar-refractivity contribution in [2.45, 2.75) is 6.54 Å². The van der Waals surface area contributed by atoms with Crippen LogP contribution in [0.2, 0.25) is 5.15 Å². The highest BCUT2D eigenvalue weighted by molar-refractivity contribution is 9.10. The van der Waals surface area contributed by atoms with Crippen molar-refractivity contribution >= 4 is 39.2 Å². The van der Waals surface area contributed by atoms with Gasteiger partial charge in [-0.3, -0.25) is 0 Å². The number of amides is 2. The first-order valence-electron chi connectivity index (χ1n) is 5.55. The van der Waals surface area contributed by atoms with Crippen molar-refractivity contribution in [2.75, 3.05) is 5.32 Å². The summed E-state index contributed by atoms with van der Waals surface area (Å²) < 4.78 is 0.634. The predicted octanol–water partition coefficient (Wildman–Crippen LogP) is 3.82. The normalized spacial score (nSPS) is 10.0. The zero-order chi connectivity index (χ0) is 13.7. The smallest absolute Gasteiger partial charge is 0.319 e. The van der Waals surface area contributed by atoms with Crippen LogP contribution in [-0.4, -0.2) is 11.0 Å². The molecule has 0 aliphatic rings. The molecule has 98 valence electrons. The molecule has 2 aromatic rings. The summed E-state index contributed by atoms with van der Waals surface area (Å²) in [4.78, 5) is 15.6. The first-order valence-corrected chi connectivity index (χ1v) is 6.72. The van der Waals surface area contributed by atoms with E-state index < -0.39 is 0 Å². The van der Waals surface area contributed by atoms with E-state index in [0.717, 1.165) is 5.56 Å². The molecule has 0 atom stereocenters. The van der Waals surface area contributed by atoms with E-state index in [2.05, 4.69) is 31.5 Å². The number of carbonyl (C=O) groups is 1. The van der Waals surface area contributed by atoms with Gasteiger partial charge in [-0.25, -0.2) is 9.78 Å². The van der Waals surface area contributed by atoms with Gasteiger partial charge < -0.3 is 10.6 Å². The van der Waals surface area contributed by atoms with Gasteiger partial charge in [0.2, 0.25) is 0 Å². The molecule has 0 unspecified atom stereocenters. The first-order chi connectivity index (χ1) is 9.15. The summed E-state index contributed by atoms with van der Waals surface area (Å²) >= 11 is 9.02. The van der Waals surface area contributed by atoms with Crippen molar-refractivity contribution in [3.8, 4) is 0 Å². The Morgan fingerprint density at radius 1 is 1.32 bits per heavy atom. The van der Waals surface area contributed by atoms with Crippen LogP contribution in [0.25, 0.3) is 0 Å². The number of nitrogens with zero attached hydrogens (tertiary/aromatic N) is 1. The summed E-state index contributed by atoms with van der Waals surface area (Å²) in [5.41, 5.74) is 1.61. The van der Waals surface area contributed by atoms with Crippen molar-refractivity contribution in [3.05, 3.63) is 57.8 Å². The average molecular weight is 341 g/mol. The second-order valence-corrected chi connectivity index (χ2v) is 5.00. The minimum Gasteiger partial charge on any atom is -0.334 e. The van der Waals surface area contributed by atoms with Gasteiger partial charge in [0, 0.05) is 6.54 Å². The molecule has 0 spiro atoms. The van der Waals surface area contributed by atoms with Crippen LogP contribution < -0.4 is 10.6 Å². The van der Waals surface area contributed by atoms with Crippen LogP contribution in [0.4, 0.5) is 10.5 Å². The zero-order valence-corrected chi connectivity index (χ0v) is 12.2. The molecule has 1 heterocycles. The Morgan fingerprint density at radius 2 is 2.05 bits per heavy atom. The van der Waals surface area contributed by atoms with Crippen molar-refractivity contribution in [1.29, 1.82) is 0 Å². The molecule has 0 aliphatic carbocycles. The lowest BCUT2D eigenvalue weighted by Crippen LogP contribution is -2.28. The number of pyridine rings is 1. The van der Waals surface area contributed by atoms with Gasteiger partial charge in [-0.1, -0.05) is 41.9 Å². The number of halogens is 2. The van der Waals surface area contributed by atoms with E-state index in [1.165, 1.54) is 6.20 Å². The fourth-order valence-corrected chi connectivity index (χ4v) is 1.90. The molecule has 1 aromatic carbocycles. The Balaban J connectivity index is 1.89. The first kappa shape index (κ1) is 13.8. The molecule has 1 aromatic heterocycles. The molecule has 0 saturated carbocycles. The molecule has 0 bridgehead atoms. The molecule has 6 heteroatoms. The molecular formula is C13H11BrClN3O. The SMILES string of the molecule is O=C(NCc1ccccc1)Nc1cnc(Cl)c(Br)c1. The lowest BCUT2D eigenvalue weighted by atomic mass is 10.2.